The first-order chi connectivity index (χ1) is 45.0. The summed E-state index contributed by atoms with van der Waals surface area (Å²) >= 11 is 3.96. The van der Waals surface area contributed by atoms with Gasteiger partial charge in [0.1, 0.15) is 36.6 Å². The maximum Gasteiger partial charge on any atom is 0.411 e. The SMILES string of the molecule is CCN(C(C)=O)C1COC(OC2C(O[C@H]3C#C/C=C\C#CC4(O)CC(=O)C(NC(=O)OC)=C3/C4=C\CSCC(=O)NCCC[Si](C)(C)O)OC(C)C(NOC3CC(O)C(SC(=O)c4c(C)c(I)c(OC5OC(C)C(O)C(OC)C5O)c(OC)c4OC)C(C)O3)C2O)CC1OC. The van der Waals surface area contributed by atoms with Crippen LogP contribution in [0, 0.1) is 34.2 Å². The van der Waals surface area contributed by atoms with Crippen molar-refractivity contribution in [2.45, 2.75) is 202 Å². The van der Waals surface area contributed by atoms with E-state index < -0.39 is 147 Å². The maximum absolute atomic E-state index is 14.5. The molecule has 1 aromatic carbocycles. The summed E-state index contributed by atoms with van der Waals surface area (Å²) in [5.41, 5.74) is 0.689. The summed E-state index contributed by atoms with van der Waals surface area (Å²) < 4.78 is 72.8. The number of nitrogens with zero attached hydrogens (tertiary/aromatic N) is 1. The van der Waals surface area contributed by atoms with E-state index >= 15 is 0 Å². The predicted molar refractivity (Wildman–Crippen MR) is 355 cm³/mol. The molecule has 6 aliphatic rings. The van der Waals surface area contributed by atoms with Crippen molar-refractivity contribution in [3.05, 3.63) is 49.8 Å². The van der Waals surface area contributed by atoms with Gasteiger partial charge in [-0.1, -0.05) is 41.5 Å². The van der Waals surface area contributed by atoms with Crippen LogP contribution < -0.4 is 30.3 Å². The number of hydrogen-bond donors (Lipinski definition) is 9. The number of benzene rings is 1. The summed E-state index contributed by atoms with van der Waals surface area (Å²) in [5.74, 6) is 10.3. The van der Waals surface area contributed by atoms with Crippen molar-refractivity contribution in [3.63, 3.8) is 0 Å². The lowest BCUT2D eigenvalue weighted by atomic mass is 9.75. The molecule has 7 rings (SSSR count). The van der Waals surface area contributed by atoms with E-state index in [1.165, 1.54) is 59.3 Å². The smallest absolute Gasteiger partial charge is 0.411 e. The van der Waals surface area contributed by atoms with Crippen molar-refractivity contribution >= 4 is 83.2 Å². The van der Waals surface area contributed by atoms with Crippen LogP contribution in [0.25, 0.3) is 0 Å². The number of carbonyl (C=O) groups is 5. The summed E-state index contributed by atoms with van der Waals surface area (Å²) in [5, 5.41) is 62.6. The molecular weight excluding hydrogens is 1420 g/mol. The second kappa shape index (κ2) is 35.0. The van der Waals surface area contributed by atoms with Crippen molar-refractivity contribution in [2.24, 2.45) is 0 Å². The Labute approximate surface area is 576 Å². The minimum absolute atomic E-state index is 0.00207. The number of nitrogens with one attached hydrogen (secondary N) is 3. The summed E-state index contributed by atoms with van der Waals surface area (Å²) in [6.07, 6.45) is -15.1. The number of halogens is 1. The highest BCUT2D eigenvalue weighted by Gasteiger charge is 2.52. The number of Topliss-reactive ketones (excluding diaryl/α,β-unsaturated/α-hetero) is 1. The number of thioether (sulfide) groups is 2. The number of aliphatic hydroxyl groups is 5. The number of ether oxygens (including phenoxy) is 12. The van der Waals surface area contributed by atoms with Crippen LogP contribution in [0.15, 0.2) is 35.1 Å². The first-order valence-electron chi connectivity index (χ1n) is 31.0. The Morgan fingerprint density at radius 1 is 0.884 bits per heavy atom. The van der Waals surface area contributed by atoms with Crippen molar-refractivity contribution in [1.82, 2.24) is 21.0 Å². The number of rotatable bonds is 26. The Balaban J connectivity index is 1.14. The summed E-state index contributed by atoms with van der Waals surface area (Å²) in [6.45, 7) is 14.1. The number of hydrogen-bond acceptors (Lipinski definition) is 27. The van der Waals surface area contributed by atoms with Crippen molar-refractivity contribution in [1.29, 1.82) is 0 Å². The van der Waals surface area contributed by atoms with Crippen LogP contribution in [0.4, 0.5) is 4.79 Å². The number of allylic oxidation sites excluding steroid dienone is 3. The van der Waals surface area contributed by atoms with Crippen LogP contribution in [0.3, 0.4) is 0 Å². The first kappa shape index (κ1) is 77.9. The second-order valence-corrected chi connectivity index (χ2v) is 31.4. The average Bonchev–Trinajstić information content (AvgIpc) is 0.761. The molecule has 0 spiro atoms. The molecule has 9 N–H and O–H groups in total. The zero-order valence-electron chi connectivity index (χ0n) is 55.4. The molecule has 3 amide bonds. The third-order valence-electron chi connectivity index (χ3n) is 16.9. The van der Waals surface area contributed by atoms with Gasteiger partial charge in [-0.15, -0.1) is 11.8 Å². The molecule has 28 nitrogen and oxygen atoms in total. The van der Waals surface area contributed by atoms with Gasteiger partial charge in [0.2, 0.25) is 29.0 Å². The van der Waals surface area contributed by atoms with Crippen LogP contribution in [0.2, 0.25) is 19.1 Å². The normalized spacial score (nSPS) is 33.2. The number of hydroxylamine groups is 1. The highest BCUT2D eigenvalue weighted by atomic mass is 127. The number of alkyl carbamates (subject to hydrolysis) is 1. The van der Waals surface area contributed by atoms with E-state index in [9.17, 15) is 54.3 Å². The molecule has 0 saturated carbocycles. The van der Waals surface area contributed by atoms with Gasteiger partial charge in [0.15, 0.2) is 50.1 Å². The van der Waals surface area contributed by atoms with Gasteiger partial charge < -0.3 is 97.4 Å². The molecule has 4 heterocycles. The topological polar surface area (TPSA) is 366 Å². The molecular formula is C63H89IN4O24S2Si. The lowest BCUT2D eigenvalue weighted by Crippen LogP contribution is -2.65. The summed E-state index contributed by atoms with van der Waals surface area (Å²) in [6, 6.07) is -1.10. The van der Waals surface area contributed by atoms with E-state index in [-0.39, 0.29) is 82.4 Å². The highest BCUT2D eigenvalue weighted by Crippen LogP contribution is 2.49. The molecule has 4 saturated heterocycles. The number of ketones is 1. The van der Waals surface area contributed by atoms with Gasteiger partial charge >= 0.3 is 6.09 Å². The van der Waals surface area contributed by atoms with E-state index in [2.05, 4.69) is 39.8 Å². The number of amides is 3. The van der Waals surface area contributed by atoms with Crippen molar-refractivity contribution < 1.29 is 116 Å². The van der Waals surface area contributed by atoms with Gasteiger partial charge in [0.25, 0.3) is 0 Å². The van der Waals surface area contributed by atoms with Gasteiger partial charge in [-0.2, -0.15) is 5.48 Å². The maximum atomic E-state index is 14.5. The lowest BCUT2D eigenvalue weighted by Gasteiger charge is -2.47. The predicted octanol–water partition coefficient (Wildman–Crippen LogP) is 2.23. The molecule has 528 valence electrons. The second-order valence-electron chi connectivity index (χ2n) is 24.0. The zero-order valence-corrected chi connectivity index (χ0v) is 60.2. The Morgan fingerprint density at radius 3 is 2.23 bits per heavy atom. The van der Waals surface area contributed by atoms with Gasteiger partial charge in [-0.25, -0.2) is 4.79 Å². The van der Waals surface area contributed by atoms with Crippen LogP contribution in [-0.2, 0) is 61.9 Å². The van der Waals surface area contributed by atoms with Crippen LogP contribution in [0.5, 0.6) is 17.2 Å². The summed E-state index contributed by atoms with van der Waals surface area (Å²) in [7, 11) is 4.31. The van der Waals surface area contributed by atoms with Gasteiger partial charge in [0.05, 0.1) is 103 Å². The zero-order chi connectivity index (χ0) is 69.8. The molecule has 95 heavy (non-hydrogen) atoms. The lowest BCUT2D eigenvalue weighted by molar-refractivity contribution is -0.337. The van der Waals surface area contributed by atoms with Gasteiger partial charge in [-0.05, 0) is 100 Å². The molecule has 32 heteroatoms. The molecule has 0 aromatic heterocycles. The Bertz CT molecular complexity index is 3120. The number of likely N-dealkylation sites (N-methyl/N-ethyl adjacent to an activating group) is 1. The van der Waals surface area contributed by atoms with Crippen LogP contribution in [0.1, 0.15) is 76.2 Å². The largest absolute Gasteiger partial charge is 0.492 e. The fourth-order valence-corrected chi connectivity index (χ4v) is 15.4. The summed E-state index contributed by atoms with van der Waals surface area (Å²) in [4.78, 5) is 85.6. The Hall–Kier alpha value is -4.48. The quantitative estimate of drug-likeness (QED) is 0.0211. The molecule has 1 aromatic rings. The molecule has 18 unspecified atom stereocenters. The Morgan fingerprint density at radius 2 is 1.59 bits per heavy atom. The number of carbonyl (C=O) groups excluding carboxylic acids is 5. The molecule has 2 aliphatic carbocycles. The van der Waals surface area contributed by atoms with Crippen LogP contribution >= 0.6 is 46.1 Å². The fraction of sp³-hybridized carbons (Fsp3) is 0.667. The third kappa shape index (κ3) is 19.1. The van der Waals surface area contributed by atoms with Gasteiger partial charge in [0, 0.05) is 64.0 Å². The van der Waals surface area contributed by atoms with Crippen LogP contribution in [-0.4, -0.2) is 254 Å². The van der Waals surface area contributed by atoms with E-state index in [1.807, 2.05) is 42.6 Å². The molecule has 2 bridgehead atoms. The van der Waals surface area contributed by atoms with E-state index in [0.29, 0.717) is 34.7 Å². The molecule has 4 fully saturated rings. The van der Waals surface area contributed by atoms with E-state index in [1.54, 1.807) is 38.7 Å². The standard InChI is InChI=1S/C63H89IN4O24S2Si/c1-14-68(35(6)69)37-29-85-43(27-41(37)80-7)90-56-51(74)48(67-92-44-26-38(70)58(34(5)86-44)94-59(76)45-31(2)47(64)54(57(83-10)53(45)81-8)91-60-52(75)55(82-9)50(73)33(4)88-60)32(3)87-61(56)89-40-20-17-15-16-18-22-63(78)28-39(71)49(66-62(77)84-11)46(40)36(63)21-24-93-30-42(72)65-23-19-25-95(12,13)79/h15-16,21,32-34,37-38,40-41,43-44,48,50-52,55-56,58,60-61,67,70,73-75,78-79H,14,19,23-30H2,1-13H3,(H,65,72)(H,66,77)/b16-15-,36-21+/t32?,33?,34?,37?,38?,40-,41?,43?,44?,48?,50?,51?,52?,55?,56?,58?,60?,61?,63?/m0/s1. The molecule has 19 atom stereocenters. The van der Waals surface area contributed by atoms with E-state index in [0.717, 1.165) is 18.9 Å². The van der Waals surface area contributed by atoms with Crippen molar-refractivity contribution in [2.75, 3.05) is 66.8 Å². The Kier molecular flexibility index (Phi) is 28.7. The average molecular weight is 1510 g/mol. The third-order valence-corrected chi connectivity index (χ3v) is 22.0. The molecule has 4 aliphatic heterocycles. The van der Waals surface area contributed by atoms with Crippen molar-refractivity contribution in [3.8, 4) is 40.9 Å². The number of aliphatic hydroxyl groups excluding tert-OH is 4. The fourth-order valence-electron chi connectivity index (χ4n) is 11.9. The number of fused-ring (bicyclic) bond motifs is 2. The highest BCUT2D eigenvalue weighted by molar-refractivity contribution is 14.1. The van der Waals surface area contributed by atoms with Gasteiger partial charge in [-0.3, -0.25) is 29.3 Å². The van der Waals surface area contributed by atoms with E-state index in [4.69, 9.17) is 61.7 Å². The monoisotopic (exact) mass is 1500 g/mol. The first-order valence-corrected chi connectivity index (χ1v) is 37.3. The molecule has 0 radical (unpaired) electrons. The minimum atomic E-state index is -2.31. The minimum Gasteiger partial charge on any atom is -0.492 e. The number of methoxy groups -OCH3 is 5.